The zero-order valence-electron chi connectivity index (χ0n) is 18.5. The summed E-state index contributed by atoms with van der Waals surface area (Å²) in [5.74, 6) is -0.583. The third-order valence-corrected chi connectivity index (χ3v) is 4.96. The molecule has 6 heteroatoms. The largest absolute Gasteiger partial charge is 0.461 e. The molecule has 0 bridgehead atoms. The zero-order valence-corrected chi connectivity index (χ0v) is 18.5. The van der Waals surface area contributed by atoms with Crippen molar-refractivity contribution in [3.05, 3.63) is 96.7 Å². The van der Waals surface area contributed by atoms with Crippen molar-refractivity contribution < 1.29 is 14.3 Å². The Balaban J connectivity index is 2.02. The molecule has 32 heavy (non-hydrogen) atoms. The van der Waals surface area contributed by atoms with Crippen LogP contribution in [0.2, 0.25) is 0 Å². The molecule has 2 aromatic carbocycles. The first-order valence-corrected chi connectivity index (χ1v) is 10.4. The second kappa shape index (κ2) is 10.4. The molecule has 0 fully saturated rings. The Kier molecular flexibility index (Phi) is 7.39. The molecule has 164 valence electrons. The molecule has 0 N–H and O–H groups in total. The number of amides is 1. The van der Waals surface area contributed by atoms with Gasteiger partial charge in [0.15, 0.2) is 5.69 Å². The summed E-state index contributed by atoms with van der Waals surface area (Å²) in [5.41, 5.74) is 4.29. The molecule has 1 heterocycles. The average Bonchev–Trinajstić information content (AvgIpc) is 3.24. The molecule has 0 radical (unpaired) electrons. The van der Waals surface area contributed by atoms with E-state index in [2.05, 4.69) is 18.3 Å². The highest BCUT2D eigenvalue weighted by atomic mass is 16.5. The summed E-state index contributed by atoms with van der Waals surface area (Å²) in [7, 11) is 0. The van der Waals surface area contributed by atoms with Crippen molar-refractivity contribution in [1.82, 2.24) is 14.7 Å². The molecule has 0 saturated carbocycles. The number of benzene rings is 2. The van der Waals surface area contributed by atoms with Crippen LogP contribution in [-0.2, 0) is 4.74 Å². The van der Waals surface area contributed by atoms with Gasteiger partial charge < -0.3 is 9.64 Å². The van der Waals surface area contributed by atoms with Crippen LogP contribution in [-0.4, -0.2) is 46.3 Å². The lowest BCUT2D eigenvalue weighted by Crippen LogP contribution is -2.31. The predicted molar refractivity (Wildman–Crippen MR) is 126 cm³/mol. The summed E-state index contributed by atoms with van der Waals surface area (Å²) >= 11 is 0. The van der Waals surface area contributed by atoms with E-state index >= 15 is 0 Å². The Morgan fingerprint density at radius 2 is 1.72 bits per heavy atom. The number of aromatic nitrogens is 2. The maximum absolute atomic E-state index is 12.8. The Bertz CT molecular complexity index is 1120. The van der Waals surface area contributed by atoms with Crippen LogP contribution in [0, 0.1) is 6.92 Å². The van der Waals surface area contributed by atoms with Crippen molar-refractivity contribution in [2.24, 2.45) is 0 Å². The lowest BCUT2D eigenvalue weighted by molar-refractivity contribution is 0.0518. The minimum Gasteiger partial charge on any atom is -0.461 e. The first-order valence-electron chi connectivity index (χ1n) is 10.4. The molecule has 1 aromatic heterocycles. The summed E-state index contributed by atoms with van der Waals surface area (Å²) in [4.78, 5) is 26.8. The van der Waals surface area contributed by atoms with Gasteiger partial charge in [0, 0.05) is 24.2 Å². The topological polar surface area (TPSA) is 64.4 Å². The number of carbonyl (C=O) groups excluding carboxylic acids is 2. The van der Waals surface area contributed by atoms with Crippen LogP contribution in [0.25, 0.3) is 16.9 Å². The molecule has 0 atom stereocenters. The first kappa shape index (κ1) is 22.7. The summed E-state index contributed by atoms with van der Waals surface area (Å²) in [5, 5.41) is 4.51. The fourth-order valence-corrected chi connectivity index (χ4v) is 3.41. The van der Waals surface area contributed by atoms with Crippen LogP contribution >= 0.6 is 0 Å². The number of esters is 1. The fourth-order valence-electron chi connectivity index (χ4n) is 3.41. The third-order valence-electron chi connectivity index (χ3n) is 4.96. The molecule has 0 spiro atoms. The van der Waals surface area contributed by atoms with Crippen LogP contribution < -0.4 is 0 Å². The SMILES string of the molecule is C=CCN(CC=C)C(=O)c1ccc(-n2nc(C(=O)OCC)cc2-c2ccccc2C)cc1. The molecule has 1 amide bonds. The predicted octanol–water partition coefficient (Wildman–Crippen LogP) is 4.84. The Morgan fingerprint density at radius 3 is 2.31 bits per heavy atom. The maximum atomic E-state index is 12.8. The standard InChI is InChI=1S/C26H27N3O3/c1-5-16-28(17-6-2)25(30)20-12-14-21(15-13-20)29-24(22-11-9-8-10-19(22)4)18-23(27-29)26(31)32-7-3/h5-6,8-15,18H,1-2,7,16-17H2,3-4H3. The minimum absolute atomic E-state index is 0.108. The molecule has 3 aromatic rings. The van der Waals surface area contributed by atoms with Gasteiger partial charge >= 0.3 is 5.97 Å². The van der Waals surface area contributed by atoms with Crippen molar-refractivity contribution in [2.75, 3.05) is 19.7 Å². The number of rotatable bonds is 9. The van der Waals surface area contributed by atoms with Gasteiger partial charge in [0.05, 0.1) is 18.0 Å². The van der Waals surface area contributed by atoms with Crippen molar-refractivity contribution in [1.29, 1.82) is 0 Å². The van der Waals surface area contributed by atoms with Gasteiger partial charge in [-0.2, -0.15) is 5.10 Å². The van der Waals surface area contributed by atoms with E-state index in [1.165, 1.54) is 0 Å². The lowest BCUT2D eigenvalue weighted by Gasteiger charge is -2.19. The number of carbonyl (C=O) groups is 2. The third kappa shape index (κ3) is 4.86. The number of ether oxygens (including phenoxy) is 1. The molecular formula is C26H27N3O3. The quantitative estimate of drug-likeness (QED) is 0.361. The molecular weight excluding hydrogens is 402 g/mol. The number of hydrogen-bond donors (Lipinski definition) is 0. The van der Waals surface area contributed by atoms with Gasteiger partial charge in [0.1, 0.15) is 0 Å². The highest BCUT2D eigenvalue weighted by Gasteiger charge is 2.19. The summed E-state index contributed by atoms with van der Waals surface area (Å²) in [6.07, 6.45) is 3.37. The lowest BCUT2D eigenvalue weighted by atomic mass is 10.1. The van der Waals surface area contributed by atoms with E-state index in [0.717, 1.165) is 22.5 Å². The highest BCUT2D eigenvalue weighted by molar-refractivity contribution is 5.94. The summed E-state index contributed by atoms with van der Waals surface area (Å²) in [6.45, 7) is 12.3. The van der Waals surface area contributed by atoms with Crippen LogP contribution in [0.4, 0.5) is 0 Å². The van der Waals surface area contributed by atoms with Crippen molar-refractivity contribution in [2.45, 2.75) is 13.8 Å². The van der Waals surface area contributed by atoms with Crippen molar-refractivity contribution >= 4 is 11.9 Å². The van der Waals surface area contributed by atoms with E-state index in [9.17, 15) is 9.59 Å². The molecule has 6 nitrogen and oxygen atoms in total. The summed E-state index contributed by atoms with van der Waals surface area (Å²) < 4.78 is 6.84. The van der Waals surface area contributed by atoms with Crippen LogP contribution in [0.1, 0.15) is 33.3 Å². The minimum atomic E-state index is -0.475. The van der Waals surface area contributed by atoms with E-state index in [-0.39, 0.29) is 18.2 Å². The molecule has 0 aliphatic carbocycles. The first-order chi connectivity index (χ1) is 15.5. The smallest absolute Gasteiger partial charge is 0.358 e. The van der Waals surface area contributed by atoms with Crippen LogP contribution in [0.15, 0.2) is 79.9 Å². The number of aryl methyl sites for hydroxylation is 1. The van der Waals surface area contributed by atoms with Gasteiger partial charge in [0.2, 0.25) is 0 Å². The van der Waals surface area contributed by atoms with Gasteiger partial charge in [0.25, 0.3) is 5.91 Å². The van der Waals surface area contributed by atoms with Gasteiger partial charge in [-0.15, -0.1) is 13.2 Å². The molecule has 0 aliphatic rings. The van der Waals surface area contributed by atoms with Crippen molar-refractivity contribution in [3.8, 4) is 16.9 Å². The van der Waals surface area contributed by atoms with Gasteiger partial charge in [-0.1, -0.05) is 36.4 Å². The second-order valence-corrected chi connectivity index (χ2v) is 7.20. The normalized spacial score (nSPS) is 10.4. The Hall–Kier alpha value is -3.93. The molecule has 3 rings (SSSR count). The van der Waals surface area contributed by atoms with Gasteiger partial charge in [-0.05, 0) is 49.7 Å². The van der Waals surface area contributed by atoms with E-state index < -0.39 is 5.97 Å². The Morgan fingerprint density at radius 1 is 1.06 bits per heavy atom. The fraction of sp³-hybridized carbons (Fsp3) is 0.192. The van der Waals surface area contributed by atoms with Crippen molar-refractivity contribution in [3.63, 3.8) is 0 Å². The zero-order chi connectivity index (χ0) is 23.1. The van der Waals surface area contributed by atoms with Gasteiger partial charge in [-0.25, -0.2) is 9.48 Å². The molecule has 0 saturated heterocycles. The van der Waals surface area contributed by atoms with E-state index in [0.29, 0.717) is 18.7 Å². The molecule has 0 aliphatic heterocycles. The number of nitrogens with zero attached hydrogens (tertiary/aromatic N) is 3. The van der Waals surface area contributed by atoms with Crippen LogP contribution in [0.5, 0.6) is 0 Å². The monoisotopic (exact) mass is 429 g/mol. The maximum Gasteiger partial charge on any atom is 0.358 e. The van der Waals surface area contributed by atoms with Gasteiger partial charge in [-0.3, -0.25) is 4.79 Å². The second-order valence-electron chi connectivity index (χ2n) is 7.20. The molecule has 0 unspecified atom stereocenters. The highest BCUT2D eigenvalue weighted by Crippen LogP contribution is 2.27. The Labute approximate surface area is 188 Å². The summed E-state index contributed by atoms with van der Waals surface area (Å²) in [6, 6.07) is 16.8. The van der Waals surface area contributed by atoms with Crippen LogP contribution in [0.3, 0.4) is 0 Å². The van der Waals surface area contributed by atoms with E-state index in [1.807, 2.05) is 43.3 Å². The van der Waals surface area contributed by atoms with E-state index in [4.69, 9.17) is 4.74 Å². The van der Waals surface area contributed by atoms with E-state index in [1.54, 1.807) is 46.9 Å². The average molecular weight is 430 g/mol. The number of hydrogen-bond acceptors (Lipinski definition) is 4.